The van der Waals surface area contributed by atoms with Crippen molar-refractivity contribution in [2.45, 2.75) is 26.3 Å². The number of ether oxygens (including phenoxy) is 1. The van der Waals surface area contributed by atoms with Crippen molar-refractivity contribution in [1.29, 1.82) is 5.41 Å². The second-order valence-electron chi connectivity index (χ2n) is 10.6. The summed E-state index contributed by atoms with van der Waals surface area (Å²) in [5.74, 6) is -2.95. The first-order valence-corrected chi connectivity index (χ1v) is 15.2. The third-order valence-corrected chi connectivity index (χ3v) is 7.05. The molecule has 2 atom stereocenters. The molecule has 4 aromatic rings. The van der Waals surface area contributed by atoms with Gasteiger partial charge in [0, 0.05) is 48.8 Å². The third-order valence-electron chi connectivity index (χ3n) is 7.05. The minimum atomic E-state index is -1.09. The summed E-state index contributed by atoms with van der Waals surface area (Å²) in [4.78, 5) is 50.6. The van der Waals surface area contributed by atoms with Crippen molar-refractivity contribution in [3.63, 3.8) is 0 Å². The number of aryl methyl sites for hydroxylation is 1. The van der Waals surface area contributed by atoms with Crippen LogP contribution in [0.4, 0.5) is 20.3 Å². The molecule has 0 saturated carbocycles. The first kappa shape index (κ1) is 40.8. The van der Waals surface area contributed by atoms with E-state index in [9.17, 15) is 18.4 Å². The number of carbonyl (C=O) groups excluding carboxylic acids is 2. The highest BCUT2D eigenvalue weighted by Crippen LogP contribution is 2.31. The van der Waals surface area contributed by atoms with E-state index in [2.05, 4.69) is 31.2 Å². The lowest BCUT2D eigenvalue weighted by atomic mass is 10.0. The van der Waals surface area contributed by atoms with Crippen LogP contribution in [0.1, 0.15) is 29.8 Å². The van der Waals surface area contributed by atoms with Crippen molar-refractivity contribution in [3.05, 3.63) is 71.7 Å². The number of benzene rings is 2. The van der Waals surface area contributed by atoms with E-state index in [4.69, 9.17) is 41.4 Å². The van der Waals surface area contributed by atoms with Crippen LogP contribution in [0, 0.1) is 23.0 Å². The minimum Gasteiger partial charge on any atom is -0.494 e. The van der Waals surface area contributed by atoms with Crippen molar-refractivity contribution in [1.82, 2.24) is 30.3 Å². The van der Waals surface area contributed by atoms with Crippen molar-refractivity contribution in [2.75, 3.05) is 32.1 Å². The molecule has 0 spiro atoms. The van der Waals surface area contributed by atoms with E-state index >= 15 is 0 Å². The Labute approximate surface area is 290 Å². The third kappa shape index (κ3) is 11.3. The summed E-state index contributed by atoms with van der Waals surface area (Å²) in [7, 11) is 1.26. The number of anilines is 2. The zero-order valence-corrected chi connectivity index (χ0v) is 27.9. The molecule has 0 aliphatic carbocycles. The molecule has 0 aliphatic heterocycles. The second kappa shape index (κ2) is 20.2. The van der Waals surface area contributed by atoms with Gasteiger partial charge in [0.1, 0.15) is 6.04 Å². The number of methoxy groups -OCH3 is 1. The Hall–Kier alpha value is -6.37. The average Bonchev–Trinajstić information content (AvgIpc) is 3.55. The van der Waals surface area contributed by atoms with Gasteiger partial charge in [-0.1, -0.05) is 13.8 Å². The first-order chi connectivity index (χ1) is 24.4. The molecule has 51 heavy (non-hydrogen) atoms. The van der Waals surface area contributed by atoms with Crippen molar-refractivity contribution in [3.8, 4) is 17.0 Å². The van der Waals surface area contributed by atoms with Crippen LogP contribution in [0.15, 0.2) is 48.9 Å². The smallest absolute Gasteiger partial charge is 0.290 e. The topological polar surface area (TPSA) is 272 Å². The molecule has 0 aliphatic rings. The standard InChI is InChI=1S/C30H36F2N10O3.2CH2O2/c1-4-17-11-18(5-6-19(17)28(43)38-12-16(2)13-39-29(44)21(33)14-40-30(34)35)41-26-27-37-15-22(42(27)10-9-36-26)20-7-8-23(45-3)25(32)24(20)31;2*2-1-3/h5-11,15-16,21H,4,12-14,33H2,1-3H3,(H,36,41)(H,38,43)(H,39,44)(H4,34,35,40);2*1H,(H,2,3)/t16-,21-;;/m1../s1. The molecule has 0 radical (unpaired) electrons. The molecule has 2 amide bonds. The number of carbonyl (C=O) groups is 4. The molecular weight excluding hydrogens is 674 g/mol. The largest absolute Gasteiger partial charge is 0.494 e. The summed E-state index contributed by atoms with van der Waals surface area (Å²) in [6, 6.07) is 7.19. The Morgan fingerprint density at radius 3 is 2.33 bits per heavy atom. The van der Waals surface area contributed by atoms with Gasteiger partial charge >= 0.3 is 0 Å². The van der Waals surface area contributed by atoms with Crippen molar-refractivity contribution < 1.29 is 42.9 Å². The fourth-order valence-electron chi connectivity index (χ4n) is 4.57. The van der Waals surface area contributed by atoms with Crippen LogP contribution < -0.4 is 37.5 Å². The number of nitrogens with one attached hydrogen (secondary N) is 5. The fraction of sp³-hybridized carbons (Fsp3) is 0.281. The number of rotatable bonds is 13. The van der Waals surface area contributed by atoms with Gasteiger partial charge in [-0.2, -0.15) is 4.39 Å². The maximum absolute atomic E-state index is 14.8. The van der Waals surface area contributed by atoms with Crippen LogP contribution in [-0.2, 0) is 20.8 Å². The minimum absolute atomic E-state index is 0.0174. The van der Waals surface area contributed by atoms with Gasteiger partial charge < -0.3 is 47.7 Å². The van der Waals surface area contributed by atoms with E-state index in [0.717, 1.165) is 5.56 Å². The number of carboxylic acid groups (broad SMARTS) is 2. The Morgan fingerprint density at radius 1 is 1.04 bits per heavy atom. The number of fused-ring (bicyclic) bond motifs is 1. The van der Waals surface area contributed by atoms with E-state index in [-0.39, 0.29) is 48.6 Å². The summed E-state index contributed by atoms with van der Waals surface area (Å²) in [6.07, 6.45) is 5.12. The number of hydrogen-bond acceptors (Lipinski definition) is 10. The molecule has 19 heteroatoms. The molecule has 2 heterocycles. The second-order valence-corrected chi connectivity index (χ2v) is 10.6. The number of guanidine groups is 1. The zero-order valence-electron chi connectivity index (χ0n) is 27.9. The fourth-order valence-corrected chi connectivity index (χ4v) is 4.57. The lowest BCUT2D eigenvalue weighted by molar-refractivity contribution is -0.123. The molecule has 17 nitrogen and oxygen atoms in total. The van der Waals surface area contributed by atoms with E-state index in [1.165, 1.54) is 31.6 Å². The van der Waals surface area contributed by atoms with Crippen molar-refractivity contribution in [2.24, 2.45) is 17.4 Å². The van der Waals surface area contributed by atoms with Gasteiger partial charge in [-0.05, 0) is 48.2 Å². The van der Waals surface area contributed by atoms with Crippen LogP contribution >= 0.6 is 0 Å². The first-order valence-electron chi connectivity index (χ1n) is 15.2. The quantitative estimate of drug-likeness (QED) is 0.0543. The maximum Gasteiger partial charge on any atom is 0.290 e. The molecule has 0 bridgehead atoms. The molecule has 4 rings (SSSR count). The summed E-state index contributed by atoms with van der Waals surface area (Å²) in [5, 5.41) is 32.3. The Balaban J connectivity index is 0.00000140. The molecular formula is C32H40F2N10O7. The summed E-state index contributed by atoms with van der Waals surface area (Å²) >= 11 is 0. The highest BCUT2D eigenvalue weighted by molar-refractivity contribution is 5.96. The molecule has 0 fully saturated rings. The number of aromatic nitrogens is 3. The van der Waals surface area contributed by atoms with E-state index < -0.39 is 23.6 Å². The number of nitrogens with zero attached hydrogens (tertiary/aromatic N) is 3. The van der Waals surface area contributed by atoms with Gasteiger partial charge in [-0.15, -0.1) is 0 Å². The summed E-state index contributed by atoms with van der Waals surface area (Å²) in [5.41, 5.74) is 13.7. The maximum atomic E-state index is 14.8. The van der Waals surface area contributed by atoms with Crippen LogP contribution in [0.25, 0.3) is 16.9 Å². The van der Waals surface area contributed by atoms with Crippen LogP contribution in [0.5, 0.6) is 5.75 Å². The van der Waals surface area contributed by atoms with Gasteiger partial charge in [0.25, 0.3) is 18.9 Å². The predicted molar refractivity (Wildman–Crippen MR) is 184 cm³/mol. The lowest BCUT2D eigenvalue weighted by Gasteiger charge is -2.17. The van der Waals surface area contributed by atoms with Gasteiger partial charge in [0.15, 0.2) is 29.0 Å². The number of amides is 2. The summed E-state index contributed by atoms with van der Waals surface area (Å²) < 4.78 is 35.7. The number of hydrogen-bond donors (Lipinski definition) is 9. The monoisotopic (exact) mass is 714 g/mol. The molecule has 0 unspecified atom stereocenters. The Morgan fingerprint density at radius 2 is 1.71 bits per heavy atom. The zero-order chi connectivity index (χ0) is 38.1. The SMILES string of the molecule is CCc1cc(Nc2nccn3c(-c4ccc(OC)c(F)c4F)cnc23)ccc1C(=O)NC[C@@H](C)CNC(=O)[C@H](N)CNC(=N)N.O=CO.O=CO. The van der Waals surface area contributed by atoms with Crippen LogP contribution in [-0.4, -0.2) is 88.1 Å². The summed E-state index contributed by atoms with van der Waals surface area (Å²) in [6.45, 7) is 3.96. The van der Waals surface area contributed by atoms with E-state index in [1.807, 2.05) is 19.9 Å². The van der Waals surface area contributed by atoms with Crippen LogP contribution in [0.3, 0.4) is 0 Å². The number of halogens is 2. The molecule has 274 valence electrons. The van der Waals surface area contributed by atoms with Gasteiger partial charge in [0.05, 0.1) is 19.0 Å². The molecule has 0 saturated heterocycles. The molecule has 2 aromatic carbocycles. The van der Waals surface area contributed by atoms with Gasteiger partial charge in [-0.3, -0.25) is 29.0 Å². The Kier molecular flexibility index (Phi) is 16.2. The van der Waals surface area contributed by atoms with E-state index in [0.29, 0.717) is 47.9 Å². The highest BCUT2D eigenvalue weighted by atomic mass is 19.2. The van der Waals surface area contributed by atoms with Crippen molar-refractivity contribution >= 4 is 47.9 Å². The van der Waals surface area contributed by atoms with Gasteiger partial charge in [-0.25, -0.2) is 14.4 Å². The lowest BCUT2D eigenvalue weighted by Crippen LogP contribution is -2.50. The number of imidazole rings is 1. The number of nitrogens with two attached hydrogens (primary N) is 2. The Bertz CT molecular complexity index is 1820. The molecule has 2 aromatic heterocycles. The van der Waals surface area contributed by atoms with E-state index in [1.54, 1.807) is 22.7 Å². The highest BCUT2D eigenvalue weighted by Gasteiger charge is 2.20. The molecule has 11 N–H and O–H groups in total. The van der Waals surface area contributed by atoms with Gasteiger partial charge in [0.2, 0.25) is 11.7 Å². The predicted octanol–water partition coefficient (Wildman–Crippen LogP) is 1.68. The normalized spacial score (nSPS) is 11.3. The van der Waals surface area contributed by atoms with Crippen LogP contribution in [0.2, 0.25) is 0 Å². The average molecular weight is 715 g/mol.